The van der Waals surface area contributed by atoms with Gasteiger partial charge in [0.1, 0.15) is 36.7 Å². The van der Waals surface area contributed by atoms with E-state index in [0.717, 1.165) is 5.56 Å². The highest BCUT2D eigenvalue weighted by atomic mass is 31.2. The van der Waals surface area contributed by atoms with Crippen LogP contribution >= 0.6 is 7.60 Å². The van der Waals surface area contributed by atoms with Crippen LogP contribution in [0.15, 0.2) is 61.2 Å². The van der Waals surface area contributed by atoms with E-state index in [4.69, 9.17) is 34.7 Å². The lowest BCUT2D eigenvalue weighted by molar-refractivity contribution is -0.147. The van der Waals surface area contributed by atoms with E-state index in [-0.39, 0.29) is 51.2 Å². The van der Waals surface area contributed by atoms with Crippen molar-refractivity contribution in [1.29, 1.82) is 0 Å². The number of halogens is 1. The van der Waals surface area contributed by atoms with Gasteiger partial charge in [0.2, 0.25) is 0 Å². The molecule has 0 radical (unpaired) electrons. The second-order valence-corrected chi connectivity index (χ2v) is 13.6. The van der Waals surface area contributed by atoms with Gasteiger partial charge >= 0.3 is 19.5 Å². The molecule has 0 amide bonds. The number of esters is 2. The number of imidazole rings is 1. The van der Waals surface area contributed by atoms with Crippen LogP contribution in [-0.2, 0) is 44.0 Å². The predicted molar refractivity (Wildman–Crippen MR) is 184 cm³/mol. The predicted octanol–water partition coefficient (Wildman–Crippen LogP) is 5.07. The van der Waals surface area contributed by atoms with Gasteiger partial charge < -0.3 is 39.3 Å². The number of rotatable bonds is 20. The van der Waals surface area contributed by atoms with E-state index in [1.165, 1.54) is 12.4 Å². The molecule has 0 saturated carbocycles. The Morgan fingerprint density at radius 1 is 0.940 bits per heavy atom. The van der Waals surface area contributed by atoms with Crippen LogP contribution < -0.4 is 11.5 Å². The lowest BCUT2D eigenvalue weighted by Crippen LogP contribution is -2.38. The van der Waals surface area contributed by atoms with Gasteiger partial charge in [-0.05, 0) is 30.0 Å². The van der Waals surface area contributed by atoms with Gasteiger partial charge in [0.05, 0.1) is 38.7 Å². The summed E-state index contributed by atoms with van der Waals surface area (Å²) in [7, 11) is -3.85. The number of nitrogens with two attached hydrogens (primary N) is 2. The third kappa shape index (κ3) is 10.6. The van der Waals surface area contributed by atoms with Crippen molar-refractivity contribution in [3.8, 4) is 11.1 Å². The molecule has 2 unspecified atom stereocenters. The maximum Gasteiger partial charge on any atom is 0.356 e. The monoisotopic (exact) mass is 714 g/mol. The molecule has 4 N–H and O–H groups in total. The highest BCUT2D eigenvalue weighted by molar-refractivity contribution is 7.53. The Kier molecular flexibility index (Phi) is 14.4. The number of anilines is 1. The highest BCUT2D eigenvalue weighted by Crippen LogP contribution is 2.48. The molecule has 0 spiro atoms. The van der Waals surface area contributed by atoms with Crippen LogP contribution in [0.3, 0.4) is 0 Å². The molecule has 0 aliphatic heterocycles. The number of hydrogen-bond acceptors (Lipinski definition) is 13. The molecule has 0 saturated heterocycles. The minimum absolute atomic E-state index is 0.0432. The Balaban J connectivity index is 1.26. The molecule has 50 heavy (non-hydrogen) atoms. The first kappa shape index (κ1) is 38.5. The van der Waals surface area contributed by atoms with Gasteiger partial charge in [0, 0.05) is 18.5 Å². The molecule has 4 aromatic rings. The third-order valence-electron chi connectivity index (χ3n) is 8.05. The summed E-state index contributed by atoms with van der Waals surface area (Å²) in [5, 5.41) is 0. The Hall–Kier alpha value is -4.27. The van der Waals surface area contributed by atoms with Crippen molar-refractivity contribution in [3.63, 3.8) is 0 Å². The average molecular weight is 715 g/mol. The maximum absolute atomic E-state index is 14.9. The lowest BCUT2D eigenvalue weighted by atomic mass is 9.97. The van der Waals surface area contributed by atoms with Gasteiger partial charge in [0.25, 0.3) is 0 Å². The van der Waals surface area contributed by atoms with Crippen molar-refractivity contribution >= 4 is 36.5 Å². The number of fused-ring (bicyclic) bond motifs is 1. The van der Waals surface area contributed by atoms with Gasteiger partial charge in [0.15, 0.2) is 11.5 Å². The van der Waals surface area contributed by atoms with Crippen molar-refractivity contribution in [1.82, 2.24) is 19.5 Å². The first-order valence-electron chi connectivity index (χ1n) is 16.3. The Morgan fingerprint density at radius 3 is 2.42 bits per heavy atom. The fraction of sp³-hybridized carbons (Fsp3) is 0.441. The molecule has 16 heteroatoms. The van der Waals surface area contributed by atoms with Crippen LogP contribution in [0, 0.1) is 11.7 Å². The summed E-state index contributed by atoms with van der Waals surface area (Å²) < 4.78 is 57.5. The molecule has 2 aromatic carbocycles. The minimum Gasteiger partial charge on any atom is -0.465 e. The van der Waals surface area contributed by atoms with Crippen molar-refractivity contribution in [2.24, 2.45) is 11.7 Å². The van der Waals surface area contributed by atoms with E-state index in [9.17, 15) is 18.5 Å². The molecule has 0 aliphatic rings. The van der Waals surface area contributed by atoms with Gasteiger partial charge in [-0.1, -0.05) is 62.7 Å². The quantitative estimate of drug-likeness (QED) is 0.0701. The SMILES string of the molecule is CC[C@H](C)[C@H](N)C(=O)OCCOP(=O)(COCCn1cnc2c(N)ncnc21)OCCCOC(=O)C(C)c1ccc(-c2ccccc2)c(F)c1. The van der Waals surface area contributed by atoms with Gasteiger partial charge in [-0.25, -0.2) is 19.3 Å². The molecule has 270 valence electrons. The van der Waals surface area contributed by atoms with Crippen molar-refractivity contribution in [3.05, 3.63) is 72.6 Å². The number of benzene rings is 2. The molecule has 2 heterocycles. The molecule has 2 aromatic heterocycles. The summed E-state index contributed by atoms with van der Waals surface area (Å²) in [5.74, 6) is -2.11. The average Bonchev–Trinajstić information content (AvgIpc) is 3.55. The number of hydrogen-bond donors (Lipinski definition) is 2. The maximum atomic E-state index is 14.9. The Bertz CT molecular complexity index is 1760. The molecule has 0 aliphatic carbocycles. The van der Waals surface area contributed by atoms with Crippen LogP contribution in [0.2, 0.25) is 0 Å². The number of nitrogen functional groups attached to an aromatic ring is 1. The Labute approximate surface area is 290 Å². The van der Waals surface area contributed by atoms with Crippen molar-refractivity contribution in [2.45, 2.75) is 52.1 Å². The topological polar surface area (TPSA) is 193 Å². The largest absolute Gasteiger partial charge is 0.465 e. The van der Waals surface area contributed by atoms with E-state index in [2.05, 4.69) is 15.0 Å². The number of aromatic nitrogens is 4. The fourth-order valence-electron chi connectivity index (χ4n) is 4.76. The van der Waals surface area contributed by atoms with E-state index >= 15 is 0 Å². The number of carbonyl (C=O) groups is 2. The third-order valence-corrected chi connectivity index (χ3v) is 9.70. The smallest absolute Gasteiger partial charge is 0.356 e. The van der Waals surface area contributed by atoms with Crippen LogP contribution in [0.4, 0.5) is 10.2 Å². The molecule has 0 fully saturated rings. The van der Waals surface area contributed by atoms with Gasteiger partial charge in [-0.3, -0.25) is 14.2 Å². The summed E-state index contributed by atoms with van der Waals surface area (Å²) in [6.45, 7) is 5.25. The zero-order valence-corrected chi connectivity index (χ0v) is 29.3. The van der Waals surface area contributed by atoms with Crippen molar-refractivity contribution in [2.75, 3.05) is 45.1 Å². The standard InChI is InChI=1S/C34H44FN6O8P/c1-4-23(2)29(36)34(43)47-17-18-49-50(44,22-45-16-13-41-21-40-30-31(37)38-20-39-32(30)41)48-15-8-14-46-33(42)24(3)26-11-12-27(28(35)19-26)25-9-6-5-7-10-25/h5-7,9-12,19-21,23-24,29H,4,8,13-18,22,36H2,1-3H3,(H2,37,38,39)/t23-,24?,29-,50?/m0/s1. The molecular formula is C34H44FN6O8P. The van der Waals surface area contributed by atoms with E-state index in [0.29, 0.717) is 35.3 Å². The molecular weight excluding hydrogens is 670 g/mol. The highest BCUT2D eigenvalue weighted by Gasteiger charge is 2.27. The van der Waals surface area contributed by atoms with Gasteiger partial charge in [-0.2, -0.15) is 0 Å². The normalized spacial score (nSPS) is 14.5. The van der Waals surface area contributed by atoms with Gasteiger partial charge in [-0.15, -0.1) is 0 Å². The summed E-state index contributed by atoms with van der Waals surface area (Å²) in [4.78, 5) is 37.3. The molecule has 4 atom stereocenters. The second-order valence-electron chi connectivity index (χ2n) is 11.6. The second kappa shape index (κ2) is 18.6. The van der Waals surface area contributed by atoms with Crippen molar-refractivity contribution < 1.29 is 41.8 Å². The minimum atomic E-state index is -3.85. The summed E-state index contributed by atoms with van der Waals surface area (Å²) in [6.07, 6.45) is 3.36. The number of ether oxygens (including phenoxy) is 3. The molecule has 14 nitrogen and oxygen atoms in total. The van der Waals surface area contributed by atoms with E-state index < -0.39 is 43.7 Å². The zero-order valence-electron chi connectivity index (χ0n) is 28.4. The van der Waals surface area contributed by atoms with Crippen LogP contribution in [0.1, 0.15) is 45.1 Å². The molecule has 0 bridgehead atoms. The molecule has 4 rings (SSSR count). The number of nitrogens with zero attached hydrogens (tertiary/aromatic N) is 4. The van der Waals surface area contributed by atoms with E-state index in [1.807, 2.05) is 44.2 Å². The summed E-state index contributed by atoms with van der Waals surface area (Å²) in [6, 6.07) is 13.0. The zero-order chi connectivity index (χ0) is 36.1. The lowest BCUT2D eigenvalue weighted by Gasteiger charge is -2.20. The number of carbonyl (C=O) groups excluding carboxylic acids is 2. The Morgan fingerprint density at radius 2 is 1.68 bits per heavy atom. The van der Waals surface area contributed by atoms with Crippen LogP contribution in [-0.4, -0.2) is 76.9 Å². The fourth-order valence-corrected chi connectivity index (χ4v) is 6.10. The summed E-state index contributed by atoms with van der Waals surface area (Å²) >= 11 is 0. The van der Waals surface area contributed by atoms with E-state index in [1.54, 1.807) is 30.0 Å². The van der Waals surface area contributed by atoms with Crippen LogP contribution in [0.25, 0.3) is 22.3 Å². The van der Waals surface area contributed by atoms with Crippen LogP contribution in [0.5, 0.6) is 0 Å². The summed E-state index contributed by atoms with van der Waals surface area (Å²) in [5.41, 5.74) is 14.4. The first-order valence-corrected chi connectivity index (χ1v) is 18.1. The first-order chi connectivity index (χ1) is 24.0.